The van der Waals surface area contributed by atoms with Crippen molar-refractivity contribution >= 4 is 21.6 Å². The van der Waals surface area contributed by atoms with Crippen molar-refractivity contribution in [2.75, 3.05) is 6.54 Å². The van der Waals surface area contributed by atoms with E-state index in [0.717, 1.165) is 28.1 Å². The molecule has 0 fully saturated rings. The van der Waals surface area contributed by atoms with Gasteiger partial charge in [0, 0.05) is 12.5 Å². The molecule has 0 saturated heterocycles. The fraction of sp³-hybridized carbons (Fsp3) is 0.417. The zero-order valence-electron chi connectivity index (χ0n) is 9.24. The van der Waals surface area contributed by atoms with Crippen LogP contribution in [0.3, 0.4) is 0 Å². The van der Waals surface area contributed by atoms with Gasteiger partial charge in [-0.25, -0.2) is 9.37 Å². The molecule has 1 heterocycles. The molecule has 1 aromatic heterocycles. The van der Waals surface area contributed by atoms with Crippen LogP contribution in [0.4, 0.5) is 4.39 Å². The topological polar surface area (TPSA) is 38.9 Å². The Morgan fingerprint density at radius 1 is 1.50 bits per heavy atom. The lowest BCUT2D eigenvalue weighted by Crippen LogP contribution is -2.11. The van der Waals surface area contributed by atoms with Crippen molar-refractivity contribution in [2.45, 2.75) is 25.7 Å². The fourth-order valence-corrected chi connectivity index (χ4v) is 2.92. The van der Waals surface area contributed by atoms with Gasteiger partial charge in [-0.15, -0.1) is 11.3 Å². The Bertz CT molecular complexity index is 481. The van der Waals surface area contributed by atoms with E-state index in [1.165, 1.54) is 12.1 Å². The molecule has 2 N–H and O–H groups in total. The van der Waals surface area contributed by atoms with E-state index in [1.54, 1.807) is 17.4 Å². The van der Waals surface area contributed by atoms with E-state index in [0.29, 0.717) is 12.5 Å². The number of benzene rings is 1. The monoisotopic (exact) mass is 238 g/mol. The summed E-state index contributed by atoms with van der Waals surface area (Å²) in [7, 11) is 0. The van der Waals surface area contributed by atoms with Crippen molar-refractivity contribution in [3.63, 3.8) is 0 Å². The van der Waals surface area contributed by atoms with Crippen LogP contribution in [0, 0.1) is 5.82 Å². The van der Waals surface area contributed by atoms with E-state index >= 15 is 0 Å². The molecule has 16 heavy (non-hydrogen) atoms. The highest BCUT2D eigenvalue weighted by Gasteiger charge is 2.14. The van der Waals surface area contributed by atoms with E-state index in [2.05, 4.69) is 11.9 Å². The Labute approximate surface area is 98.3 Å². The summed E-state index contributed by atoms with van der Waals surface area (Å²) in [6.45, 7) is 2.74. The minimum absolute atomic E-state index is 0.206. The molecule has 0 amide bonds. The van der Waals surface area contributed by atoms with Gasteiger partial charge in [0.15, 0.2) is 0 Å². The molecule has 1 unspecified atom stereocenters. The van der Waals surface area contributed by atoms with Crippen LogP contribution in [-0.4, -0.2) is 11.5 Å². The van der Waals surface area contributed by atoms with Gasteiger partial charge in [-0.2, -0.15) is 0 Å². The van der Waals surface area contributed by atoms with Crippen molar-refractivity contribution in [3.05, 3.63) is 29.0 Å². The molecule has 86 valence electrons. The van der Waals surface area contributed by atoms with Crippen molar-refractivity contribution in [3.8, 4) is 0 Å². The minimum Gasteiger partial charge on any atom is -0.330 e. The van der Waals surface area contributed by atoms with Crippen LogP contribution in [0.2, 0.25) is 0 Å². The second-order valence-corrected chi connectivity index (χ2v) is 4.95. The van der Waals surface area contributed by atoms with E-state index < -0.39 is 0 Å². The molecule has 1 atom stereocenters. The maximum Gasteiger partial charge on any atom is 0.124 e. The molecule has 0 aliphatic rings. The van der Waals surface area contributed by atoms with Crippen LogP contribution in [0.1, 0.15) is 30.7 Å². The molecule has 2 nitrogen and oxygen atoms in total. The number of halogens is 1. The Morgan fingerprint density at radius 3 is 3.00 bits per heavy atom. The lowest BCUT2D eigenvalue weighted by molar-refractivity contribution is 0.620. The van der Waals surface area contributed by atoms with Crippen LogP contribution in [0.15, 0.2) is 18.2 Å². The number of rotatable bonds is 4. The standard InChI is InChI=1S/C12H15FN2S/c1-2-3-8(7-14)12-15-10-5-4-9(13)6-11(10)16-12/h4-6,8H,2-3,7,14H2,1H3. The van der Waals surface area contributed by atoms with Gasteiger partial charge in [0.2, 0.25) is 0 Å². The van der Waals surface area contributed by atoms with Crippen molar-refractivity contribution in [1.82, 2.24) is 4.98 Å². The van der Waals surface area contributed by atoms with E-state index in [1.807, 2.05) is 0 Å². The maximum absolute atomic E-state index is 13.0. The van der Waals surface area contributed by atoms with Gasteiger partial charge in [-0.3, -0.25) is 0 Å². The van der Waals surface area contributed by atoms with Crippen LogP contribution in [-0.2, 0) is 0 Å². The van der Waals surface area contributed by atoms with Gasteiger partial charge in [-0.05, 0) is 24.6 Å². The molecular weight excluding hydrogens is 223 g/mol. The second-order valence-electron chi connectivity index (χ2n) is 3.89. The first-order valence-electron chi connectivity index (χ1n) is 5.50. The number of thiazole rings is 1. The summed E-state index contributed by atoms with van der Waals surface area (Å²) in [5.74, 6) is 0.105. The zero-order valence-corrected chi connectivity index (χ0v) is 10.1. The highest BCUT2D eigenvalue weighted by molar-refractivity contribution is 7.18. The first-order valence-corrected chi connectivity index (χ1v) is 6.32. The summed E-state index contributed by atoms with van der Waals surface area (Å²) < 4.78 is 13.9. The molecule has 0 radical (unpaired) electrons. The van der Waals surface area contributed by atoms with Crippen molar-refractivity contribution < 1.29 is 4.39 Å². The van der Waals surface area contributed by atoms with E-state index in [4.69, 9.17) is 5.73 Å². The Balaban J connectivity index is 2.37. The number of fused-ring (bicyclic) bond motifs is 1. The predicted octanol–water partition coefficient (Wildman–Crippen LogP) is 3.28. The first-order chi connectivity index (χ1) is 7.74. The van der Waals surface area contributed by atoms with Gasteiger partial charge in [0.25, 0.3) is 0 Å². The number of nitrogens with two attached hydrogens (primary N) is 1. The van der Waals surface area contributed by atoms with E-state index in [-0.39, 0.29) is 5.82 Å². The summed E-state index contributed by atoms with van der Waals surface area (Å²) in [5.41, 5.74) is 6.61. The first kappa shape index (κ1) is 11.5. The predicted molar refractivity (Wildman–Crippen MR) is 66.3 cm³/mol. The summed E-state index contributed by atoms with van der Waals surface area (Å²) in [6.07, 6.45) is 2.13. The second kappa shape index (κ2) is 4.89. The normalized spacial score (nSPS) is 13.2. The highest BCUT2D eigenvalue weighted by Crippen LogP contribution is 2.29. The molecule has 2 aromatic rings. The van der Waals surface area contributed by atoms with Gasteiger partial charge in [-0.1, -0.05) is 13.3 Å². The van der Waals surface area contributed by atoms with Crippen LogP contribution < -0.4 is 5.73 Å². The van der Waals surface area contributed by atoms with Crippen LogP contribution in [0.25, 0.3) is 10.2 Å². The van der Waals surface area contributed by atoms with Gasteiger partial charge in [0.1, 0.15) is 5.82 Å². The molecule has 0 spiro atoms. The summed E-state index contributed by atoms with van der Waals surface area (Å²) >= 11 is 1.55. The number of hydrogen-bond donors (Lipinski definition) is 1. The molecule has 0 saturated carbocycles. The lowest BCUT2D eigenvalue weighted by Gasteiger charge is -2.08. The summed E-state index contributed by atoms with van der Waals surface area (Å²) in [5, 5.41) is 1.03. The Hall–Kier alpha value is -1.000. The molecular formula is C12H15FN2S. The molecule has 2 rings (SSSR count). The molecule has 0 aliphatic heterocycles. The minimum atomic E-state index is -0.206. The number of nitrogens with zero attached hydrogens (tertiary/aromatic N) is 1. The van der Waals surface area contributed by atoms with Gasteiger partial charge in [0.05, 0.1) is 15.2 Å². The zero-order chi connectivity index (χ0) is 11.5. The third kappa shape index (κ3) is 2.23. The third-order valence-electron chi connectivity index (χ3n) is 2.64. The van der Waals surface area contributed by atoms with Crippen LogP contribution >= 0.6 is 11.3 Å². The lowest BCUT2D eigenvalue weighted by atomic mass is 10.1. The fourth-order valence-electron chi connectivity index (χ4n) is 1.78. The quantitative estimate of drug-likeness (QED) is 0.887. The van der Waals surface area contributed by atoms with Gasteiger partial charge < -0.3 is 5.73 Å². The molecule has 0 aliphatic carbocycles. The van der Waals surface area contributed by atoms with Crippen LogP contribution in [0.5, 0.6) is 0 Å². The molecule has 4 heteroatoms. The SMILES string of the molecule is CCCC(CN)c1nc2ccc(F)cc2s1. The smallest absolute Gasteiger partial charge is 0.124 e. The largest absolute Gasteiger partial charge is 0.330 e. The van der Waals surface area contributed by atoms with Gasteiger partial charge >= 0.3 is 0 Å². The average Bonchev–Trinajstić information content (AvgIpc) is 2.68. The molecule has 0 bridgehead atoms. The maximum atomic E-state index is 13.0. The van der Waals surface area contributed by atoms with Crippen molar-refractivity contribution in [2.24, 2.45) is 5.73 Å². The number of aromatic nitrogens is 1. The highest BCUT2D eigenvalue weighted by atomic mass is 32.1. The third-order valence-corrected chi connectivity index (χ3v) is 3.82. The van der Waals surface area contributed by atoms with E-state index in [9.17, 15) is 4.39 Å². The number of hydrogen-bond acceptors (Lipinski definition) is 3. The summed E-state index contributed by atoms with van der Waals surface area (Å²) in [4.78, 5) is 4.52. The van der Waals surface area contributed by atoms with Crippen molar-refractivity contribution in [1.29, 1.82) is 0 Å². The Morgan fingerprint density at radius 2 is 2.31 bits per heavy atom. The Kier molecular flexibility index (Phi) is 3.51. The summed E-state index contributed by atoms with van der Waals surface area (Å²) in [6, 6.07) is 4.71. The average molecular weight is 238 g/mol. The molecule has 1 aromatic carbocycles.